The largest absolute Gasteiger partial charge is 0.497 e. The number of carboxylic acids is 1. The number of aliphatic carboxylic acids is 1. The number of likely N-dealkylation sites (tertiary alicyclic amines) is 1. The fraction of sp³-hybridized carbons (Fsp3) is 0.382. The lowest BCUT2D eigenvalue weighted by Gasteiger charge is -2.26. The van der Waals surface area contributed by atoms with Gasteiger partial charge in [0.05, 0.1) is 24.9 Å². The third-order valence-electron chi connectivity index (χ3n) is 8.04. The third kappa shape index (κ3) is 6.90. The van der Waals surface area contributed by atoms with E-state index < -0.39 is 59.6 Å². The van der Waals surface area contributed by atoms with E-state index in [2.05, 4.69) is 17.2 Å². The molecule has 3 aromatic rings. The summed E-state index contributed by atoms with van der Waals surface area (Å²) in [7, 11) is 1.57. The Morgan fingerprint density at radius 3 is 2.50 bits per heavy atom. The van der Waals surface area contributed by atoms with Crippen LogP contribution in [0.3, 0.4) is 0 Å². The maximum absolute atomic E-state index is 13.6. The number of aromatic nitrogens is 1. The van der Waals surface area contributed by atoms with E-state index in [1.165, 1.54) is 11.0 Å². The van der Waals surface area contributed by atoms with Crippen LogP contribution in [0, 0.1) is 5.92 Å². The first-order chi connectivity index (χ1) is 21.8. The molecule has 46 heavy (non-hydrogen) atoms. The number of nitrogens with zero attached hydrogens (tertiary/aromatic N) is 2. The van der Waals surface area contributed by atoms with Crippen LogP contribution in [0.4, 0.5) is 4.79 Å². The van der Waals surface area contributed by atoms with E-state index in [4.69, 9.17) is 19.2 Å². The Morgan fingerprint density at radius 1 is 1.13 bits per heavy atom. The molecule has 2 fully saturated rings. The molecule has 1 aliphatic heterocycles. The lowest BCUT2D eigenvalue weighted by atomic mass is 10.1. The minimum Gasteiger partial charge on any atom is -0.497 e. The number of ether oxygens (including phenoxy) is 3. The van der Waals surface area contributed by atoms with Crippen LogP contribution in [0.5, 0.6) is 11.5 Å². The normalized spacial score (nSPS) is 22.1. The summed E-state index contributed by atoms with van der Waals surface area (Å²) < 4.78 is 17.2. The molecule has 1 saturated heterocycles. The minimum absolute atomic E-state index is 0.0124. The Kier molecular flexibility index (Phi) is 8.91. The maximum atomic E-state index is 13.6. The molecule has 242 valence electrons. The SMILES string of the molecule is C=CC1C[C@]1(NC(=O)[C@@H]1C[C@@H](Oc2cc(-c3ccccc3)nc3cc(OC)ccc23)CN1C(=O)CNC(=O)OC(C)(C)C)C(=O)O. The summed E-state index contributed by atoms with van der Waals surface area (Å²) in [5.74, 6) is -1.67. The summed E-state index contributed by atoms with van der Waals surface area (Å²) in [6.07, 6.45) is 0.355. The molecule has 1 aliphatic carbocycles. The van der Waals surface area contributed by atoms with Gasteiger partial charge < -0.3 is 34.9 Å². The second-order valence-corrected chi connectivity index (χ2v) is 12.5. The van der Waals surface area contributed by atoms with Gasteiger partial charge in [-0.3, -0.25) is 9.59 Å². The summed E-state index contributed by atoms with van der Waals surface area (Å²) in [6.45, 7) is 8.36. The first-order valence-electron chi connectivity index (χ1n) is 15.0. The van der Waals surface area contributed by atoms with Crippen LogP contribution in [0.25, 0.3) is 22.2 Å². The van der Waals surface area contributed by atoms with Gasteiger partial charge in [-0.15, -0.1) is 6.58 Å². The van der Waals surface area contributed by atoms with Gasteiger partial charge in [0.2, 0.25) is 11.8 Å². The van der Waals surface area contributed by atoms with Crippen LogP contribution < -0.4 is 20.1 Å². The Hall–Kier alpha value is -5.13. The van der Waals surface area contributed by atoms with Gasteiger partial charge in [0.25, 0.3) is 0 Å². The Morgan fingerprint density at radius 2 is 1.87 bits per heavy atom. The number of amides is 3. The van der Waals surface area contributed by atoms with Crippen LogP contribution in [0.1, 0.15) is 33.6 Å². The minimum atomic E-state index is -1.48. The molecule has 1 saturated carbocycles. The highest BCUT2D eigenvalue weighted by atomic mass is 16.6. The lowest BCUT2D eigenvalue weighted by molar-refractivity contribution is -0.145. The number of hydrogen-bond acceptors (Lipinski definition) is 8. The first-order valence-corrected chi connectivity index (χ1v) is 15.0. The van der Waals surface area contributed by atoms with Crippen molar-refractivity contribution in [3.63, 3.8) is 0 Å². The van der Waals surface area contributed by atoms with Crippen LogP contribution >= 0.6 is 0 Å². The molecular weight excluding hydrogens is 592 g/mol. The summed E-state index contributed by atoms with van der Waals surface area (Å²) >= 11 is 0. The second kappa shape index (κ2) is 12.7. The van der Waals surface area contributed by atoms with Gasteiger partial charge in [-0.1, -0.05) is 36.4 Å². The van der Waals surface area contributed by atoms with Crippen molar-refractivity contribution in [2.75, 3.05) is 20.2 Å². The summed E-state index contributed by atoms with van der Waals surface area (Å²) in [5, 5.41) is 15.7. The highest BCUT2D eigenvalue weighted by Crippen LogP contribution is 2.45. The lowest BCUT2D eigenvalue weighted by Crippen LogP contribution is -2.54. The van der Waals surface area contributed by atoms with Gasteiger partial charge >= 0.3 is 12.1 Å². The van der Waals surface area contributed by atoms with Gasteiger partial charge in [0.15, 0.2) is 0 Å². The Balaban J connectivity index is 1.43. The predicted molar refractivity (Wildman–Crippen MR) is 169 cm³/mol. The molecule has 0 bridgehead atoms. The number of alkyl carbamates (subject to hydrolysis) is 1. The number of carboxylic acid groups (broad SMARTS) is 1. The van der Waals surface area contributed by atoms with E-state index in [9.17, 15) is 24.3 Å². The molecular formula is C34H38N4O8. The standard InChI is InChI=1S/C34H38N4O8/c1-6-21-17-34(21,31(41)42)37-30(40)27-15-23(19-38(27)29(39)18-35-32(43)46-33(2,3)4)45-28-16-25(20-10-8-7-9-11-20)36-26-14-22(44-5)12-13-24(26)28/h6-14,16,21,23,27H,1,15,17-19H2,2-5H3,(H,35,43)(H,37,40)(H,41,42)/t21?,23-,27+,34-/m1/s1. The zero-order valence-corrected chi connectivity index (χ0v) is 26.2. The molecule has 0 spiro atoms. The number of nitrogens with one attached hydrogen (secondary N) is 2. The first kappa shape index (κ1) is 32.3. The molecule has 3 amide bonds. The molecule has 1 unspecified atom stereocenters. The number of carbonyl (C=O) groups excluding carboxylic acids is 3. The average Bonchev–Trinajstić information content (AvgIpc) is 3.58. The Bertz CT molecular complexity index is 1670. The fourth-order valence-corrected chi connectivity index (χ4v) is 5.63. The second-order valence-electron chi connectivity index (χ2n) is 12.5. The van der Waals surface area contributed by atoms with Gasteiger partial charge in [0, 0.05) is 35.4 Å². The number of methoxy groups -OCH3 is 1. The smallest absolute Gasteiger partial charge is 0.408 e. The Labute approximate surface area is 266 Å². The highest BCUT2D eigenvalue weighted by Gasteiger charge is 2.61. The number of fused-ring (bicyclic) bond motifs is 1. The van der Waals surface area contributed by atoms with E-state index >= 15 is 0 Å². The van der Waals surface area contributed by atoms with Crippen molar-refractivity contribution in [2.24, 2.45) is 5.92 Å². The van der Waals surface area contributed by atoms with Gasteiger partial charge in [-0.2, -0.15) is 0 Å². The number of hydrogen-bond donors (Lipinski definition) is 3. The van der Waals surface area contributed by atoms with Crippen molar-refractivity contribution in [1.29, 1.82) is 0 Å². The number of rotatable bonds is 10. The summed E-state index contributed by atoms with van der Waals surface area (Å²) in [6, 6.07) is 15.8. The number of benzene rings is 2. The zero-order chi connectivity index (χ0) is 33.2. The molecule has 5 rings (SSSR count). The quantitative estimate of drug-likeness (QED) is 0.283. The summed E-state index contributed by atoms with van der Waals surface area (Å²) in [4.78, 5) is 57.6. The molecule has 12 heteroatoms. The number of pyridine rings is 1. The highest BCUT2D eigenvalue weighted by molar-refractivity contribution is 5.95. The average molecular weight is 631 g/mol. The van der Waals surface area contributed by atoms with Gasteiger partial charge in [0.1, 0.15) is 41.3 Å². The molecule has 4 atom stereocenters. The van der Waals surface area contributed by atoms with E-state index in [0.717, 1.165) is 5.56 Å². The maximum Gasteiger partial charge on any atom is 0.408 e. The third-order valence-corrected chi connectivity index (χ3v) is 8.04. The monoisotopic (exact) mass is 630 g/mol. The van der Waals surface area contributed by atoms with E-state index in [1.54, 1.807) is 40.0 Å². The topological polar surface area (TPSA) is 156 Å². The molecule has 0 radical (unpaired) electrons. The van der Waals surface area contributed by atoms with Crippen molar-refractivity contribution >= 4 is 34.8 Å². The molecule has 2 aliphatic rings. The van der Waals surface area contributed by atoms with Crippen molar-refractivity contribution < 1.29 is 38.5 Å². The van der Waals surface area contributed by atoms with Crippen LogP contribution in [-0.4, -0.2) is 82.4 Å². The molecule has 2 heterocycles. The van der Waals surface area contributed by atoms with Crippen molar-refractivity contribution in [3.05, 3.63) is 67.3 Å². The van der Waals surface area contributed by atoms with Crippen molar-refractivity contribution in [1.82, 2.24) is 20.5 Å². The fourth-order valence-electron chi connectivity index (χ4n) is 5.63. The van der Waals surface area contributed by atoms with E-state index in [-0.39, 0.29) is 19.4 Å². The summed E-state index contributed by atoms with van der Waals surface area (Å²) in [5.41, 5.74) is -0.0942. The van der Waals surface area contributed by atoms with E-state index in [0.29, 0.717) is 28.1 Å². The van der Waals surface area contributed by atoms with E-state index in [1.807, 2.05) is 42.5 Å². The van der Waals surface area contributed by atoms with Gasteiger partial charge in [-0.05, 0) is 39.3 Å². The molecule has 1 aromatic heterocycles. The molecule has 12 nitrogen and oxygen atoms in total. The van der Waals surface area contributed by atoms with Crippen LogP contribution in [0.2, 0.25) is 0 Å². The zero-order valence-electron chi connectivity index (χ0n) is 26.2. The van der Waals surface area contributed by atoms with Gasteiger partial charge in [-0.25, -0.2) is 14.6 Å². The van der Waals surface area contributed by atoms with Crippen molar-refractivity contribution in [2.45, 2.75) is 56.9 Å². The van der Waals surface area contributed by atoms with Crippen LogP contribution in [-0.2, 0) is 19.1 Å². The number of carbonyl (C=O) groups is 4. The van der Waals surface area contributed by atoms with Crippen LogP contribution in [0.15, 0.2) is 67.3 Å². The predicted octanol–water partition coefficient (Wildman–Crippen LogP) is 3.93. The molecule has 2 aromatic carbocycles. The molecule has 3 N–H and O–H groups in total. The van der Waals surface area contributed by atoms with Crippen molar-refractivity contribution in [3.8, 4) is 22.8 Å².